The Morgan fingerprint density at radius 1 is 1.15 bits per heavy atom. The number of nitrogens with zero attached hydrogens (tertiary/aromatic N) is 2. The van der Waals surface area contributed by atoms with Crippen molar-refractivity contribution >= 4 is 22.4 Å². The summed E-state index contributed by atoms with van der Waals surface area (Å²) in [5.74, 6) is 1.08. The van der Waals surface area contributed by atoms with Gasteiger partial charge in [-0.05, 0) is 42.5 Å². The van der Waals surface area contributed by atoms with Crippen LogP contribution in [-0.2, 0) is 0 Å². The summed E-state index contributed by atoms with van der Waals surface area (Å²) in [5.41, 5.74) is 2.42. The molecule has 3 rings (SSSR count). The molecule has 1 N–H and O–H groups in total. The number of carbonyl (C=O) groups is 1. The molecule has 0 radical (unpaired) electrons. The number of thiazole rings is 1. The topological polar surface area (TPSA) is 84.2 Å². The van der Waals surface area contributed by atoms with Crippen molar-refractivity contribution < 1.29 is 14.3 Å². The zero-order valence-corrected chi connectivity index (χ0v) is 15.0. The fourth-order valence-electron chi connectivity index (χ4n) is 2.33. The van der Waals surface area contributed by atoms with Gasteiger partial charge in [-0.25, -0.2) is 4.98 Å². The number of nitrogens with one attached hydrogen (secondary N) is 1. The number of anilines is 1. The third kappa shape index (κ3) is 3.66. The molecular formula is C19H15N3O3S. The first-order valence-electron chi connectivity index (χ1n) is 7.64. The average Bonchev–Trinajstić information content (AvgIpc) is 3.15. The molecule has 1 amide bonds. The van der Waals surface area contributed by atoms with Gasteiger partial charge in [0.25, 0.3) is 5.91 Å². The molecule has 3 aromatic rings. The first kappa shape index (κ1) is 17.5. The highest BCUT2D eigenvalue weighted by atomic mass is 32.1. The lowest BCUT2D eigenvalue weighted by Gasteiger charge is -2.08. The molecule has 0 spiro atoms. The van der Waals surface area contributed by atoms with Crippen molar-refractivity contribution in [3.05, 3.63) is 59.0 Å². The van der Waals surface area contributed by atoms with Crippen LogP contribution in [0.2, 0.25) is 0 Å². The van der Waals surface area contributed by atoms with E-state index >= 15 is 0 Å². The van der Waals surface area contributed by atoms with E-state index < -0.39 is 0 Å². The lowest BCUT2D eigenvalue weighted by molar-refractivity contribution is 0.102. The van der Waals surface area contributed by atoms with Gasteiger partial charge >= 0.3 is 0 Å². The molecule has 2 aromatic carbocycles. The van der Waals surface area contributed by atoms with E-state index in [1.165, 1.54) is 11.3 Å². The first-order valence-corrected chi connectivity index (χ1v) is 8.52. The molecule has 130 valence electrons. The second-order valence-electron chi connectivity index (χ2n) is 5.25. The van der Waals surface area contributed by atoms with Gasteiger partial charge in [0.05, 0.1) is 31.5 Å². The van der Waals surface area contributed by atoms with Gasteiger partial charge in [-0.3, -0.25) is 10.1 Å². The van der Waals surface area contributed by atoms with Gasteiger partial charge in [0, 0.05) is 16.5 Å². The van der Waals surface area contributed by atoms with Crippen LogP contribution in [0, 0.1) is 11.3 Å². The predicted molar refractivity (Wildman–Crippen MR) is 99.8 cm³/mol. The number of nitriles is 1. The fourth-order valence-corrected chi connectivity index (χ4v) is 3.04. The van der Waals surface area contributed by atoms with Crippen molar-refractivity contribution in [1.82, 2.24) is 4.98 Å². The molecule has 0 aliphatic rings. The fraction of sp³-hybridized carbons (Fsp3) is 0.105. The highest BCUT2D eigenvalue weighted by molar-refractivity contribution is 7.14. The van der Waals surface area contributed by atoms with Crippen molar-refractivity contribution in [3.8, 4) is 28.8 Å². The summed E-state index contributed by atoms with van der Waals surface area (Å²) >= 11 is 1.32. The third-order valence-corrected chi connectivity index (χ3v) is 4.44. The van der Waals surface area contributed by atoms with Crippen LogP contribution in [0.4, 0.5) is 5.13 Å². The molecule has 0 saturated carbocycles. The quantitative estimate of drug-likeness (QED) is 0.740. The number of amides is 1. The molecule has 0 aliphatic heterocycles. The number of rotatable bonds is 5. The van der Waals surface area contributed by atoms with E-state index in [4.69, 9.17) is 14.7 Å². The summed E-state index contributed by atoms with van der Waals surface area (Å²) in [6, 6.07) is 13.9. The number of hydrogen-bond donors (Lipinski definition) is 1. The zero-order valence-electron chi connectivity index (χ0n) is 14.1. The number of methoxy groups -OCH3 is 2. The van der Waals surface area contributed by atoms with Crippen molar-refractivity contribution in [1.29, 1.82) is 5.26 Å². The lowest BCUT2D eigenvalue weighted by Crippen LogP contribution is -2.11. The average molecular weight is 365 g/mol. The second-order valence-corrected chi connectivity index (χ2v) is 6.11. The molecule has 0 bridgehead atoms. The summed E-state index contributed by atoms with van der Waals surface area (Å²) in [6.45, 7) is 0. The smallest absolute Gasteiger partial charge is 0.257 e. The molecule has 0 unspecified atom stereocenters. The molecule has 6 nitrogen and oxygen atoms in total. The second kappa shape index (κ2) is 7.68. The highest BCUT2D eigenvalue weighted by Crippen LogP contribution is 2.35. The number of aromatic nitrogens is 1. The Kier molecular flexibility index (Phi) is 5.15. The molecule has 0 saturated heterocycles. The van der Waals surface area contributed by atoms with Crippen LogP contribution in [0.25, 0.3) is 11.3 Å². The van der Waals surface area contributed by atoms with E-state index in [1.54, 1.807) is 38.5 Å². The predicted octanol–water partition coefficient (Wildman–Crippen LogP) is 3.95. The lowest BCUT2D eigenvalue weighted by atomic mass is 10.1. The van der Waals surface area contributed by atoms with Crippen LogP contribution in [0.15, 0.2) is 47.8 Å². The van der Waals surface area contributed by atoms with Gasteiger partial charge in [-0.1, -0.05) is 0 Å². The summed E-state index contributed by atoms with van der Waals surface area (Å²) < 4.78 is 10.6. The maximum Gasteiger partial charge on any atom is 0.257 e. The van der Waals surface area contributed by atoms with Crippen molar-refractivity contribution in [3.63, 3.8) is 0 Å². The van der Waals surface area contributed by atoms with E-state index in [-0.39, 0.29) is 5.91 Å². The largest absolute Gasteiger partial charge is 0.497 e. The summed E-state index contributed by atoms with van der Waals surface area (Å²) in [5, 5.41) is 13.9. The van der Waals surface area contributed by atoms with E-state index in [2.05, 4.69) is 10.3 Å². The molecule has 26 heavy (non-hydrogen) atoms. The van der Waals surface area contributed by atoms with Crippen molar-refractivity contribution in [2.45, 2.75) is 0 Å². The monoisotopic (exact) mass is 365 g/mol. The normalized spacial score (nSPS) is 10.0. The Labute approximate surface area is 154 Å². The molecule has 1 aromatic heterocycles. The van der Waals surface area contributed by atoms with E-state index in [1.807, 2.05) is 29.6 Å². The Morgan fingerprint density at radius 3 is 2.58 bits per heavy atom. The van der Waals surface area contributed by atoms with Gasteiger partial charge < -0.3 is 9.47 Å². The summed E-state index contributed by atoms with van der Waals surface area (Å²) in [7, 11) is 3.18. The van der Waals surface area contributed by atoms with Crippen LogP contribution in [-0.4, -0.2) is 25.1 Å². The minimum atomic E-state index is -0.284. The van der Waals surface area contributed by atoms with Crippen LogP contribution in [0.5, 0.6) is 11.5 Å². The maximum absolute atomic E-state index is 12.3. The van der Waals surface area contributed by atoms with E-state index in [0.29, 0.717) is 33.5 Å². The van der Waals surface area contributed by atoms with E-state index in [9.17, 15) is 4.79 Å². The SMILES string of the molecule is COc1ccc(OC)c(-c2csc(NC(=O)c3ccc(C#N)cc3)n2)c1. The first-order chi connectivity index (χ1) is 12.6. The van der Waals surface area contributed by atoms with Gasteiger partial charge in [0.1, 0.15) is 11.5 Å². The van der Waals surface area contributed by atoms with Gasteiger partial charge in [0.15, 0.2) is 5.13 Å². The number of hydrogen-bond acceptors (Lipinski definition) is 6. The van der Waals surface area contributed by atoms with Crippen LogP contribution in [0.1, 0.15) is 15.9 Å². The summed E-state index contributed by atoms with van der Waals surface area (Å²) in [4.78, 5) is 16.8. The van der Waals surface area contributed by atoms with Crippen LogP contribution < -0.4 is 14.8 Å². The Balaban J connectivity index is 1.82. The molecule has 0 fully saturated rings. The van der Waals surface area contributed by atoms with Gasteiger partial charge in [-0.2, -0.15) is 5.26 Å². The molecule has 0 aliphatic carbocycles. The minimum absolute atomic E-state index is 0.284. The van der Waals surface area contributed by atoms with Crippen molar-refractivity contribution in [2.75, 3.05) is 19.5 Å². The third-order valence-electron chi connectivity index (χ3n) is 3.68. The van der Waals surface area contributed by atoms with Crippen molar-refractivity contribution in [2.24, 2.45) is 0 Å². The highest BCUT2D eigenvalue weighted by Gasteiger charge is 2.13. The number of carbonyl (C=O) groups excluding carboxylic acids is 1. The van der Waals surface area contributed by atoms with Crippen LogP contribution >= 0.6 is 11.3 Å². The standard InChI is InChI=1S/C19H15N3O3S/c1-24-14-7-8-17(25-2)15(9-14)16-11-26-19(21-16)22-18(23)13-5-3-12(10-20)4-6-13/h3-9,11H,1-2H3,(H,21,22,23). The number of ether oxygens (including phenoxy) is 2. The molecule has 7 heteroatoms. The molecule has 0 atom stereocenters. The summed E-state index contributed by atoms with van der Waals surface area (Å²) in [6.07, 6.45) is 0. The van der Waals surface area contributed by atoms with E-state index in [0.717, 1.165) is 5.56 Å². The zero-order chi connectivity index (χ0) is 18.5. The van der Waals surface area contributed by atoms with Gasteiger partial charge in [-0.15, -0.1) is 11.3 Å². The van der Waals surface area contributed by atoms with Gasteiger partial charge in [0.2, 0.25) is 0 Å². The Morgan fingerprint density at radius 2 is 1.92 bits per heavy atom. The Bertz CT molecular complexity index is 974. The molecular weight excluding hydrogens is 350 g/mol. The number of benzene rings is 2. The van der Waals surface area contributed by atoms with Crippen LogP contribution in [0.3, 0.4) is 0 Å². The molecule has 1 heterocycles. The minimum Gasteiger partial charge on any atom is -0.497 e. The maximum atomic E-state index is 12.3. The Hall–Kier alpha value is -3.37.